The Balaban J connectivity index is 2.00. The van der Waals surface area contributed by atoms with E-state index in [1.165, 1.54) is 24.1 Å². The highest BCUT2D eigenvalue weighted by Crippen LogP contribution is 2.45. The molecule has 9 heteroatoms. The van der Waals surface area contributed by atoms with Gasteiger partial charge in [0.05, 0.1) is 23.3 Å². The normalized spacial score (nSPS) is 17.8. The number of aliphatic hydroxyl groups is 1. The third kappa shape index (κ3) is 3.81. The van der Waals surface area contributed by atoms with Crippen LogP contribution in [0.2, 0.25) is 10.0 Å². The predicted octanol–water partition coefficient (Wildman–Crippen LogP) is 6.29. The van der Waals surface area contributed by atoms with Crippen molar-refractivity contribution < 1.29 is 23.8 Å². The molecule has 1 aliphatic heterocycles. The molecule has 164 valence electrons. The van der Waals surface area contributed by atoms with Gasteiger partial charge in [0.15, 0.2) is 0 Å². The maximum absolute atomic E-state index is 13.2. The van der Waals surface area contributed by atoms with E-state index in [9.17, 15) is 14.7 Å². The van der Waals surface area contributed by atoms with Crippen molar-refractivity contribution in [2.75, 3.05) is 12.0 Å². The number of hydrogen-bond acceptors (Lipinski definition) is 5. The van der Waals surface area contributed by atoms with Gasteiger partial charge in [-0.05, 0) is 49.4 Å². The lowest BCUT2D eigenvalue weighted by Crippen LogP contribution is -2.29. The first kappa shape index (κ1) is 22.5. The fourth-order valence-electron chi connectivity index (χ4n) is 3.68. The summed E-state index contributed by atoms with van der Waals surface area (Å²) in [7, 11) is 1.37. The van der Waals surface area contributed by atoms with Crippen molar-refractivity contribution in [1.82, 2.24) is 0 Å². The van der Waals surface area contributed by atoms with Crippen LogP contribution >= 0.6 is 39.1 Å². The Kier molecular flexibility index (Phi) is 6.07. The maximum Gasteiger partial charge on any atom is 0.300 e. The first-order valence-corrected chi connectivity index (χ1v) is 10.9. The Morgan fingerprint density at radius 3 is 2.53 bits per heavy atom. The van der Waals surface area contributed by atoms with E-state index in [0.717, 1.165) is 4.47 Å². The SMILES string of the molecule is COc1c(Cl)cc(Cl)cc1/C(O)=C1\C(=O)C(=O)N(c2cccc(Br)c2)C1c1ccc(C)o1. The Labute approximate surface area is 202 Å². The zero-order valence-corrected chi connectivity index (χ0v) is 20.0. The lowest BCUT2D eigenvalue weighted by atomic mass is 9.98. The average molecular weight is 537 g/mol. The number of ether oxygens (including phenoxy) is 1. The fraction of sp³-hybridized carbons (Fsp3) is 0.130. The molecule has 0 radical (unpaired) electrons. The molecule has 1 atom stereocenters. The number of aliphatic hydroxyl groups excluding tert-OH is 1. The zero-order valence-electron chi connectivity index (χ0n) is 16.9. The molecule has 0 aliphatic carbocycles. The minimum atomic E-state index is -1.01. The highest BCUT2D eigenvalue weighted by atomic mass is 79.9. The quantitative estimate of drug-likeness (QED) is 0.241. The molecule has 0 saturated carbocycles. The molecule has 3 aromatic rings. The summed E-state index contributed by atoms with van der Waals surface area (Å²) in [6, 6.07) is 12.2. The summed E-state index contributed by atoms with van der Waals surface area (Å²) in [4.78, 5) is 27.6. The number of methoxy groups -OCH3 is 1. The molecule has 1 aromatic heterocycles. The summed E-state index contributed by atoms with van der Waals surface area (Å²) >= 11 is 15.7. The number of furan rings is 1. The average Bonchev–Trinajstić information content (AvgIpc) is 3.28. The molecule has 1 amide bonds. The monoisotopic (exact) mass is 535 g/mol. The van der Waals surface area contributed by atoms with E-state index in [-0.39, 0.29) is 26.9 Å². The van der Waals surface area contributed by atoms with Crippen molar-refractivity contribution in [3.63, 3.8) is 0 Å². The molecule has 1 N–H and O–H groups in total. The number of benzene rings is 2. The van der Waals surface area contributed by atoms with Crippen molar-refractivity contribution in [3.8, 4) is 5.75 Å². The molecular weight excluding hydrogens is 521 g/mol. The van der Waals surface area contributed by atoms with Gasteiger partial charge in [-0.2, -0.15) is 0 Å². The van der Waals surface area contributed by atoms with Gasteiger partial charge in [0.2, 0.25) is 0 Å². The third-order valence-corrected chi connectivity index (χ3v) is 6.02. The molecule has 2 aromatic carbocycles. The number of carbonyl (C=O) groups excluding carboxylic acids is 2. The van der Waals surface area contributed by atoms with Gasteiger partial charge in [-0.15, -0.1) is 0 Å². The smallest absolute Gasteiger partial charge is 0.300 e. The van der Waals surface area contributed by atoms with Gasteiger partial charge < -0.3 is 14.3 Å². The summed E-state index contributed by atoms with van der Waals surface area (Å²) < 4.78 is 11.8. The molecule has 6 nitrogen and oxygen atoms in total. The van der Waals surface area contributed by atoms with E-state index in [1.807, 2.05) is 0 Å². The lowest BCUT2D eigenvalue weighted by molar-refractivity contribution is -0.132. The van der Waals surface area contributed by atoms with Crippen molar-refractivity contribution in [2.24, 2.45) is 0 Å². The van der Waals surface area contributed by atoms with Crippen molar-refractivity contribution in [1.29, 1.82) is 0 Å². The van der Waals surface area contributed by atoms with Crippen LogP contribution in [0.1, 0.15) is 23.1 Å². The largest absolute Gasteiger partial charge is 0.507 e. The second kappa shape index (κ2) is 8.65. The maximum atomic E-state index is 13.2. The number of halogens is 3. The minimum absolute atomic E-state index is 0.0884. The molecule has 4 rings (SSSR count). The summed E-state index contributed by atoms with van der Waals surface area (Å²) in [5.41, 5.74) is 0.377. The Morgan fingerprint density at radius 1 is 1.16 bits per heavy atom. The van der Waals surface area contributed by atoms with Gasteiger partial charge in [0.25, 0.3) is 11.7 Å². The van der Waals surface area contributed by atoms with Crippen LogP contribution in [-0.2, 0) is 9.59 Å². The van der Waals surface area contributed by atoms with Crippen LogP contribution in [0.15, 0.2) is 63.0 Å². The van der Waals surface area contributed by atoms with E-state index in [2.05, 4.69) is 15.9 Å². The highest BCUT2D eigenvalue weighted by Gasteiger charge is 2.48. The predicted molar refractivity (Wildman–Crippen MR) is 125 cm³/mol. The van der Waals surface area contributed by atoms with E-state index < -0.39 is 23.5 Å². The highest BCUT2D eigenvalue weighted by molar-refractivity contribution is 9.10. The van der Waals surface area contributed by atoms with Gasteiger partial charge in [0.1, 0.15) is 29.1 Å². The van der Waals surface area contributed by atoms with E-state index in [0.29, 0.717) is 17.2 Å². The number of aryl methyl sites for hydroxylation is 1. The summed E-state index contributed by atoms with van der Waals surface area (Å²) in [5.74, 6) is -1.13. The third-order valence-electron chi connectivity index (χ3n) is 5.03. The van der Waals surface area contributed by atoms with E-state index in [4.69, 9.17) is 32.4 Å². The molecule has 1 fully saturated rings. The second-order valence-electron chi connectivity index (χ2n) is 7.07. The first-order chi connectivity index (χ1) is 15.2. The molecule has 1 unspecified atom stereocenters. The van der Waals surface area contributed by atoms with Gasteiger partial charge in [-0.1, -0.05) is 45.2 Å². The molecule has 2 heterocycles. The van der Waals surface area contributed by atoms with Crippen LogP contribution in [0.4, 0.5) is 5.69 Å². The summed E-state index contributed by atoms with van der Waals surface area (Å²) in [6.45, 7) is 1.74. The zero-order chi connectivity index (χ0) is 23.2. The summed E-state index contributed by atoms with van der Waals surface area (Å²) in [6.07, 6.45) is 0. The first-order valence-electron chi connectivity index (χ1n) is 9.39. The van der Waals surface area contributed by atoms with Crippen molar-refractivity contribution in [3.05, 3.63) is 85.7 Å². The molecule has 0 bridgehead atoms. The van der Waals surface area contributed by atoms with Crippen LogP contribution in [0, 0.1) is 6.92 Å². The van der Waals surface area contributed by atoms with Crippen molar-refractivity contribution in [2.45, 2.75) is 13.0 Å². The van der Waals surface area contributed by atoms with Crippen LogP contribution < -0.4 is 9.64 Å². The fourth-order valence-corrected chi connectivity index (χ4v) is 4.64. The molecule has 1 aliphatic rings. The molecule has 1 saturated heterocycles. The lowest BCUT2D eigenvalue weighted by Gasteiger charge is -2.23. The summed E-state index contributed by atoms with van der Waals surface area (Å²) in [5, 5.41) is 11.6. The number of hydrogen-bond donors (Lipinski definition) is 1. The second-order valence-corrected chi connectivity index (χ2v) is 8.83. The van der Waals surface area contributed by atoms with E-state index in [1.54, 1.807) is 43.3 Å². The number of amides is 1. The van der Waals surface area contributed by atoms with Crippen LogP contribution in [-0.4, -0.2) is 23.9 Å². The number of Topliss-reactive ketones (excluding diaryl/α,β-unsaturated/α-hetero) is 1. The standard InChI is InChI=1S/C23H16BrCl2NO5/c1-11-6-7-17(32-11)19-18(20(28)15-9-13(25)10-16(26)22(15)31-2)21(29)23(30)27(19)14-5-3-4-12(24)8-14/h3-10,19,28H,1-2H3/b20-18+. The van der Waals surface area contributed by atoms with Gasteiger partial charge >= 0.3 is 0 Å². The van der Waals surface area contributed by atoms with Crippen LogP contribution in [0.5, 0.6) is 5.75 Å². The molecular formula is C23H16BrCl2NO5. The minimum Gasteiger partial charge on any atom is -0.507 e. The number of anilines is 1. The van der Waals surface area contributed by atoms with Gasteiger partial charge in [0, 0.05) is 15.2 Å². The number of rotatable bonds is 4. The number of carbonyl (C=O) groups is 2. The Morgan fingerprint density at radius 2 is 1.91 bits per heavy atom. The van der Waals surface area contributed by atoms with Crippen LogP contribution in [0.3, 0.4) is 0 Å². The van der Waals surface area contributed by atoms with Gasteiger partial charge in [-0.3, -0.25) is 14.5 Å². The van der Waals surface area contributed by atoms with Gasteiger partial charge in [-0.25, -0.2) is 0 Å². The van der Waals surface area contributed by atoms with Crippen LogP contribution in [0.25, 0.3) is 5.76 Å². The molecule has 0 spiro atoms. The number of nitrogens with zero attached hydrogens (tertiary/aromatic N) is 1. The van der Waals surface area contributed by atoms with Crippen molar-refractivity contribution >= 4 is 62.3 Å². The Hall–Kier alpha value is -2.74. The topological polar surface area (TPSA) is 80.0 Å². The Bertz CT molecular complexity index is 1280. The van der Waals surface area contributed by atoms with E-state index >= 15 is 0 Å². The number of ketones is 1. The molecule has 32 heavy (non-hydrogen) atoms.